The molecule has 2 nitrogen and oxygen atoms in total. The Hall–Kier alpha value is -1.16. The van der Waals surface area contributed by atoms with Gasteiger partial charge in [0.1, 0.15) is 0 Å². The Bertz CT molecular complexity index is 504. The number of methoxy groups -OCH3 is 1. The highest BCUT2D eigenvalue weighted by Crippen LogP contribution is 2.28. The topological polar surface area (TPSA) is 21.3 Å². The lowest BCUT2D eigenvalue weighted by molar-refractivity contribution is 0.202. The summed E-state index contributed by atoms with van der Waals surface area (Å²) in [7, 11) is 3.75. The highest BCUT2D eigenvalue weighted by atomic mass is 32.1. The number of nitrogens with one attached hydrogen (secondary N) is 1. The zero-order chi connectivity index (χ0) is 13.7. The van der Waals surface area contributed by atoms with Crippen molar-refractivity contribution in [3.63, 3.8) is 0 Å². The van der Waals surface area contributed by atoms with Crippen LogP contribution in [0.25, 0.3) is 0 Å². The van der Waals surface area contributed by atoms with Crippen molar-refractivity contribution in [3.8, 4) is 0 Å². The van der Waals surface area contributed by atoms with Crippen LogP contribution in [0.2, 0.25) is 0 Å². The van der Waals surface area contributed by atoms with Gasteiger partial charge < -0.3 is 10.1 Å². The zero-order valence-corrected chi connectivity index (χ0v) is 12.6. The van der Waals surface area contributed by atoms with Crippen molar-refractivity contribution in [2.75, 3.05) is 20.8 Å². The van der Waals surface area contributed by atoms with Gasteiger partial charge in [-0.15, -0.1) is 11.3 Å². The maximum atomic E-state index is 5.11. The predicted molar refractivity (Wildman–Crippen MR) is 82.0 cm³/mol. The predicted octanol–water partition coefficient (Wildman–Crippen LogP) is 3.55. The van der Waals surface area contributed by atoms with Crippen molar-refractivity contribution in [1.29, 1.82) is 0 Å². The first kappa shape index (κ1) is 14.3. The summed E-state index contributed by atoms with van der Waals surface area (Å²) in [5.74, 6) is 0. The highest BCUT2D eigenvalue weighted by molar-refractivity contribution is 7.12. The Morgan fingerprint density at radius 1 is 1.16 bits per heavy atom. The molecule has 0 fully saturated rings. The van der Waals surface area contributed by atoms with Crippen molar-refractivity contribution >= 4 is 11.3 Å². The first-order valence-electron chi connectivity index (χ1n) is 6.56. The largest absolute Gasteiger partial charge is 0.384 e. The molecule has 0 aliphatic carbocycles. The maximum Gasteiger partial charge on any atom is 0.0668 e. The van der Waals surface area contributed by atoms with Crippen LogP contribution in [0.4, 0.5) is 0 Å². The normalized spacial score (nSPS) is 12.6. The fourth-order valence-electron chi connectivity index (χ4n) is 2.18. The number of aryl methyl sites for hydroxylation is 1. The quantitative estimate of drug-likeness (QED) is 0.870. The van der Waals surface area contributed by atoms with Gasteiger partial charge in [0.15, 0.2) is 0 Å². The van der Waals surface area contributed by atoms with Crippen LogP contribution >= 0.6 is 11.3 Å². The molecule has 1 aromatic heterocycles. The third kappa shape index (κ3) is 3.66. The van der Waals surface area contributed by atoms with Crippen LogP contribution in [0.1, 0.15) is 26.9 Å². The monoisotopic (exact) mass is 275 g/mol. The molecule has 0 saturated carbocycles. The van der Waals surface area contributed by atoms with E-state index in [9.17, 15) is 0 Å². The standard InChI is InChI=1S/C16H21NOS/c1-12-4-9-15(19-12)16(17-2)14-7-5-13(6-8-14)10-11-18-3/h4-9,16-17H,10-11H2,1-3H3. The van der Waals surface area contributed by atoms with E-state index in [1.807, 2.05) is 18.4 Å². The lowest BCUT2D eigenvalue weighted by atomic mass is 10.0. The summed E-state index contributed by atoms with van der Waals surface area (Å²) in [5.41, 5.74) is 2.63. The Morgan fingerprint density at radius 3 is 2.42 bits per heavy atom. The molecule has 1 atom stereocenters. The van der Waals surface area contributed by atoms with Crippen molar-refractivity contribution < 1.29 is 4.74 Å². The van der Waals surface area contributed by atoms with Crippen molar-refractivity contribution in [1.82, 2.24) is 5.32 Å². The van der Waals surface area contributed by atoms with Crippen LogP contribution in [0.15, 0.2) is 36.4 Å². The average Bonchev–Trinajstić information content (AvgIpc) is 2.85. The third-order valence-corrected chi connectivity index (χ3v) is 4.31. The maximum absolute atomic E-state index is 5.11. The molecular weight excluding hydrogens is 254 g/mol. The highest BCUT2D eigenvalue weighted by Gasteiger charge is 2.13. The molecule has 0 radical (unpaired) electrons. The fourth-order valence-corrected chi connectivity index (χ4v) is 3.19. The van der Waals surface area contributed by atoms with E-state index < -0.39 is 0 Å². The lowest BCUT2D eigenvalue weighted by Crippen LogP contribution is -2.16. The molecule has 102 valence electrons. The zero-order valence-electron chi connectivity index (χ0n) is 11.8. The SMILES string of the molecule is CNC(c1ccc(CCOC)cc1)c1ccc(C)s1. The first-order chi connectivity index (χ1) is 9.24. The number of hydrogen-bond acceptors (Lipinski definition) is 3. The van der Waals surface area contributed by atoms with Gasteiger partial charge in [-0.05, 0) is 43.7 Å². The van der Waals surface area contributed by atoms with E-state index >= 15 is 0 Å². The molecule has 0 saturated heterocycles. The van der Waals surface area contributed by atoms with Gasteiger partial charge in [-0.1, -0.05) is 24.3 Å². The molecule has 1 unspecified atom stereocenters. The molecule has 2 rings (SSSR count). The third-order valence-electron chi connectivity index (χ3n) is 3.24. The van der Waals surface area contributed by atoms with Crippen LogP contribution in [-0.4, -0.2) is 20.8 Å². The second-order valence-corrected chi connectivity index (χ2v) is 5.97. The molecule has 0 aliphatic rings. The van der Waals surface area contributed by atoms with Gasteiger partial charge in [0.05, 0.1) is 12.6 Å². The van der Waals surface area contributed by atoms with Crippen LogP contribution in [0, 0.1) is 6.92 Å². The van der Waals surface area contributed by atoms with E-state index in [-0.39, 0.29) is 6.04 Å². The Labute approximate surface area is 119 Å². The van der Waals surface area contributed by atoms with Crippen molar-refractivity contribution in [2.45, 2.75) is 19.4 Å². The number of rotatable bonds is 6. The second-order valence-electron chi connectivity index (χ2n) is 4.65. The van der Waals surface area contributed by atoms with Crippen LogP contribution < -0.4 is 5.32 Å². The summed E-state index contributed by atoms with van der Waals surface area (Å²) >= 11 is 1.85. The Morgan fingerprint density at radius 2 is 1.89 bits per heavy atom. The Balaban J connectivity index is 2.15. The van der Waals surface area contributed by atoms with Gasteiger partial charge in [-0.25, -0.2) is 0 Å². The number of hydrogen-bond donors (Lipinski definition) is 1. The van der Waals surface area contributed by atoms with Crippen molar-refractivity contribution in [2.24, 2.45) is 0 Å². The number of benzene rings is 1. The molecule has 2 aromatic rings. The summed E-state index contributed by atoms with van der Waals surface area (Å²) < 4.78 is 5.11. The smallest absolute Gasteiger partial charge is 0.0668 e. The number of thiophene rings is 1. The Kier molecular flexibility index (Phi) is 5.14. The minimum absolute atomic E-state index is 0.287. The van der Waals surface area contributed by atoms with Gasteiger partial charge >= 0.3 is 0 Å². The average molecular weight is 275 g/mol. The minimum atomic E-state index is 0.287. The molecule has 1 aromatic carbocycles. The summed E-state index contributed by atoms with van der Waals surface area (Å²) in [6, 6.07) is 13.5. The molecular formula is C16H21NOS. The molecule has 1 heterocycles. The van der Waals surface area contributed by atoms with E-state index in [1.165, 1.54) is 20.9 Å². The van der Waals surface area contributed by atoms with E-state index in [1.54, 1.807) is 7.11 Å². The van der Waals surface area contributed by atoms with Gasteiger partial charge in [0, 0.05) is 16.9 Å². The lowest BCUT2D eigenvalue weighted by Gasteiger charge is -2.15. The summed E-state index contributed by atoms with van der Waals surface area (Å²) in [6.45, 7) is 2.92. The molecule has 0 aliphatic heterocycles. The van der Waals surface area contributed by atoms with E-state index in [2.05, 4.69) is 48.6 Å². The minimum Gasteiger partial charge on any atom is -0.384 e. The van der Waals surface area contributed by atoms with Gasteiger partial charge in [0.2, 0.25) is 0 Å². The molecule has 0 bridgehead atoms. The van der Waals surface area contributed by atoms with E-state index in [0.717, 1.165) is 13.0 Å². The first-order valence-corrected chi connectivity index (χ1v) is 7.37. The molecule has 0 spiro atoms. The van der Waals surface area contributed by atoms with Crippen LogP contribution in [0.5, 0.6) is 0 Å². The molecule has 0 amide bonds. The molecule has 19 heavy (non-hydrogen) atoms. The van der Waals surface area contributed by atoms with Crippen LogP contribution in [-0.2, 0) is 11.2 Å². The summed E-state index contributed by atoms with van der Waals surface area (Å²) in [6.07, 6.45) is 0.971. The number of ether oxygens (including phenoxy) is 1. The fraction of sp³-hybridized carbons (Fsp3) is 0.375. The van der Waals surface area contributed by atoms with Crippen molar-refractivity contribution in [3.05, 3.63) is 57.3 Å². The van der Waals surface area contributed by atoms with Gasteiger partial charge in [-0.2, -0.15) is 0 Å². The summed E-state index contributed by atoms with van der Waals surface area (Å²) in [5, 5.41) is 3.40. The van der Waals surface area contributed by atoms with Gasteiger partial charge in [-0.3, -0.25) is 0 Å². The molecule has 3 heteroatoms. The van der Waals surface area contributed by atoms with E-state index in [4.69, 9.17) is 4.74 Å². The summed E-state index contributed by atoms with van der Waals surface area (Å²) in [4.78, 5) is 2.72. The van der Waals surface area contributed by atoms with E-state index in [0.29, 0.717) is 0 Å². The second kappa shape index (κ2) is 6.85. The van der Waals surface area contributed by atoms with Gasteiger partial charge in [0.25, 0.3) is 0 Å². The molecule has 1 N–H and O–H groups in total. The van der Waals surface area contributed by atoms with Crippen LogP contribution in [0.3, 0.4) is 0 Å².